The molecule has 0 spiro atoms. The maximum Gasteiger partial charge on any atom is 0.341 e. The Morgan fingerprint density at radius 3 is 2.57 bits per heavy atom. The Hall–Kier alpha value is -2.15. The molecule has 2 N–H and O–H groups in total. The molecule has 0 bridgehead atoms. The highest BCUT2D eigenvalue weighted by Crippen LogP contribution is 2.37. The summed E-state index contributed by atoms with van der Waals surface area (Å²) < 4.78 is 4.85. The summed E-state index contributed by atoms with van der Waals surface area (Å²) in [6, 6.07) is 0. The number of rotatable bonds is 4. The van der Waals surface area contributed by atoms with Crippen LogP contribution in [0, 0.1) is 0 Å². The van der Waals surface area contributed by atoms with E-state index in [1.165, 1.54) is 25.4 Å². The van der Waals surface area contributed by atoms with Crippen molar-refractivity contribution in [3.05, 3.63) is 27.7 Å². The Morgan fingerprint density at radius 1 is 1.22 bits per heavy atom. The van der Waals surface area contributed by atoms with Gasteiger partial charge in [0, 0.05) is 16.5 Å². The first-order valence-electron chi connectivity index (χ1n) is 7.39. The number of carboxylic acid groups (broad SMARTS) is 1. The van der Waals surface area contributed by atoms with Gasteiger partial charge in [0.1, 0.15) is 5.00 Å². The molecule has 7 heteroatoms. The number of aliphatic carboxylic acids is 1. The highest BCUT2D eigenvalue weighted by molar-refractivity contribution is 7.17. The van der Waals surface area contributed by atoms with Crippen molar-refractivity contribution in [3.8, 4) is 0 Å². The molecule has 0 radical (unpaired) electrons. The summed E-state index contributed by atoms with van der Waals surface area (Å²) in [6.07, 6.45) is 5.84. The lowest BCUT2D eigenvalue weighted by molar-refractivity contribution is -0.132. The lowest BCUT2D eigenvalue weighted by Crippen LogP contribution is -2.13. The molecule has 1 heterocycles. The Kier molecular flexibility index (Phi) is 5.54. The molecule has 0 unspecified atom stereocenters. The highest BCUT2D eigenvalue weighted by atomic mass is 32.1. The molecular weight excluding hydrogens is 318 g/mol. The fourth-order valence-electron chi connectivity index (χ4n) is 2.56. The zero-order valence-electron chi connectivity index (χ0n) is 13.1. The monoisotopic (exact) mass is 337 g/mol. The number of carbonyl (C=O) groups is 3. The van der Waals surface area contributed by atoms with Gasteiger partial charge in [0.15, 0.2) is 0 Å². The number of fused-ring (bicyclic) bond motifs is 1. The maximum atomic E-state index is 12.1. The normalized spacial score (nSPS) is 14.6. The maximum absolute atomic E-state index is 12.1. The second-order valence-electron chi connectivity index (χ2n) is 5.38. The van der Waals surface area contributed by atoms with Crippen LogP contribution in [0.2, 0.25) is 0 Å². The first-order valence-corrected chi connectivity index (χ1v) is 8.21. The molecule has 0 aliphatic heterocycles. The quantitative estimate of drug-likeness (QED) is 0.501. The molecule has 1 amide bonds. The number of thiophene rings is 1. The number of methoxy groups -OCH3 is 1. The van der Waals surface area contributed by atoms with Crippen molar-refractivity contribution in [2.24, 2.45) is 0 Å². The molecule has 1 aliphatic carbocycles. The fourth-order valence-corrected chi connectivity index (χ4v) is 3.84. The Morgan fingerprint density at radius 2 is 1.91 bits per heavy atom. The lowest BCUT2D eigenvalue weighted by Gasteiger charge is -2.06. The van der Waals surface area contributed by atoms with E-state index in [2.05, 4.69) is 5.32 Å². The second kappa shape index (κ2) is 7.41. The van der Waals surface area contributed by atoms with E-state index in [-0.39, 0.29) is 5.57 Å². The van der Waals surface area contributed by atoms with Crippen molar-refractivity contribution >= 4 is 34.2 Å². The number of hydrogen-bond donors (Lipinski definition) is 2. The summed E-state index contributed by atoms with van der Waals surface area (Å²) in [5.41, 5.74) is 1.29. The number of amides is 1. The minimum absolute atomic E-state index is 0.0692. The van der Waals surface area contributed by atoms with Crippen molar-refractivity contribution in [2.75, 3.05) is 12.4 Å². The van der Waals surface area contributed by atoms with Gasteiger partial charge in [-0.2, -0.15) is 0 Å². The summed E-state index contributed by atoms with van der Waals surface area (Å²) in [6.45, 7) is 1.34. The SMILES string of the molecule is COC(=O)c1c(NC(=O)C=C(C)C(=O)O)sc2c1CCCCC2. The third-order valence-corrected chi connectivity index (χ3v) is 4.94. The van der Waals surface area contributed by atoms with Gasteiger partial charge in [-0.1, -0.05) is 6.42 Å². The topological polar surface area (TPSA) is 92.7 Å². The molecule has 1 aliphatic rings. The van der Waals surface area contributed by atoms with Crippen molar-refractivity contribution in [1.29, 1.82) is 0 Å². The average Bonchev–Trinajstić information content (AvgIpc) is 2.68. The van der Waals surface area contributed by atoms with Gasteiger partial charge >= 0.3 is 11.9 Å². The number of anilines is 1. The van der Waals surface area contributed by atoms with Crippen LogP contribution in [0.3, 0.4) is 0 Å². The third kappa shape index (κ3) is 3.98. The van der Waals surface area contributed by atoms with E-state index in [1.54, 1.807) is 0 Å². The van der Waals surface area contributed by atoms with Gasteiger partial charge in [0.05, 0.1) is 12.7 Å². The van der Waals surface area contributed by atoms with Crippen molar-refractivity contribution < 1.29 is 24.2 Å². The zero-order chi connectivity index (χ0) is 17.0. The van der Waals surface area contributed by atoms with Crippen molar-refractivity contribution in [3.63, 3.8) is 0 Å². The van der Waals surface area contributed by atoms with Crippen molar-refractivity contribution in [2.45, 2.75) is 39.0 Å². The highest BCUT2D eigenvalue weighted by Gasteiger charge is 2.26. The van der Waals surface area contributed by atoms with Crippen LogP contribution in [-0.2, 0) is 27.2 Å². The smallest absolute Gasteiger partial charge is 0.341 e. The van der Waals surface area contributed by atoms with Crippen molar-refractivity contribution in [1.82, 2.24) is 0 Å². The van der Waals surface area contributed by atoms with Gasteiger partial charge in [-0.05, 0) is 38.2 Å². The number of ether oxygens (including phenoxy) is 1. The number of carbonyl (C=O) groups excluding carboxylic acids is 2. The molecule has 1 aromatic rings. The number of nitrogens with one attached hydrogen (secondary N) is 1. The van der Waals surface area contributed by atoms with E-state index < -0.39 is 17.8 Å². The minimum atomic E-state index is -1.16. The van der Waals surface area contributed by atoms with Gasteiger partial charge in [0.2, 0.25) is 5.91 Å². The molecule has 124 valence electrons. The number of hydrogen-bond acceptors (Lipinski definition) is 5. The van der Waals surface area contributed by atoms with Crippen LogP contribution in [0.5, 0.6) is 0 Å². The van der Waals surface area contributed by atoms with Crippen LogP contribution < -0.4 is 5.32 Å². The second-order valence-corrected chi connectivity index (χ2v) is 6.49. The van der Waals surface area contributed by atoms with Crippen LogP contribution >= 0.6 is 11.3 Å². The summed E-state index contributed by atoms with van der Waals surface area (Å²) in [5, 5.41) is 11.9. The van der Waals surface area contributed by atoms with Crippen LogP contribution in [0.4, 0.5) is 5.00 Å². The van der Waals surface area contributed by atoms with Gasteiger partial charge in [-0.3, -0.25) is 4.79 Å². The van der Waals surface area contributed by atoms with E-state index >= 15 is 0 Å². The molecule has 0 saturated heterocycles. The predicted molar refractivity (Wildman–Crippen MR) is 86.9 cm³/mol. The fraction of sp³-hybridized carbons (Fsp3) is 0.438. The lowest BCUT2D eigenvalue weighted by atomic mass is 10.1. The molecule has 23 heavy (non-hydrogen) atoms. The molecule has 2 rings (SSSR count). The zero-order valence-corrected chi connectivity index (χ0v) is 13.9. The standard InChI is InChI=1S/C16H19NO5S/c1-9(15(19)20)8-12(18)17-14-13(16(21)22-2)10-6-4-3-5-7-11(10)23-14/h8H,3-7H2,1-2H3,(H,17,18)(H,19,20). The number of esters is 1. The van der Waals surface area contributed by atoms with Crippen LogP contribution in [0.1, 0.15) is 47.0 Å². The van der Waals surface area contributed by atoms with E-state index in [1.807, 2.05) is 0 Å². The first kappa shape index (κ1) is 17.2. The van der Waals surface area contributed by atoms with E-state index in [0.717, 1.165) is 48.6 Å². The first-order chi connectivity index (χ1) is 10.9. The van der Waals surface area contributed by atoms with Crippen LogP contribution in [0.15, 0.2) is 11.6 Å². The number of carboxylic acids is 1. The summed E-state index contributed by atoms with van der Waals surface area (Å²) in [7, 11) is 1.31. The Bertz CT molecular complexity index is 674. The molecule has 0 aromatic carbocycles. The van der Waals surface area contributed by atoms with Gasteiger partial charge in [-0.15, -0.1) is 11.3 Å². The van der Waals surface area contributed by atoms with Gasteiger partial charge in [0.25, 0.3) is 0 Å². The van der Waals surface area contributed by atoms with Crippen LogP contribution in [-0.4, -0.2) is 30.1 Å². The largest absolute Gasteiger partial charge is 0.478 e. The van der Waals surface area contributed by atoms with E-state index in [0.29, 0.717) is 10.6 Å². The molecule has 0 atom stereocenters. The Balaban J connectivity index is 2.34. The average molecular weight is 337 g/mol. The summed E-state index contributed by atoms with van der Waals surface area (Å²) >= 11 is 1.37. The van der Waals surface area contributed by atoms with E-state index in [4.69, 9.17) is 9.84 Å². The number of aryl methyl sites for hydroxylation is 1. The molecular formula is C16H19NO5S. The molecule has 6 nitrogen and oxygen atoms in total. The molecule has 0 saturated carbocycles. The minimum Gasteiger partial charge on any atom is -0.478 e. The molecule has 1 aromatic heterocycles. The summed E-state index contributed by atoms with van der Waals surface area (Å²) in [5.74, 6) is -2.19. The van der Waals surface area contributed by atoms with Gasteiger partial charge in [-0.25, -0.2) is 9.59 Å². The van der Waals surface area contributed by atoms with E-state index in [9.17, 15) is 14.4 Å². The van der Waals surface area contributed by atoms with Gasteiger partial charge < -0.3 is 15.2 Å². The summed E-state index contributed by atoms with van der Waals surface area (Å²) in [4.78, 5) is 36.0. The Labute approximate surface area is 138 Å². The third-order valence-electron chi connectivity index (χ3n) is 3.73. The molecule has 0 fully saturated rings. The predicted octanol–water partition coefficient (Wildman–Crippen LogP) is 2.77. The van der Waals surface area contributed by atoms with Crippen LogP contribution in [0.25, 0.3) is 0 Å².